The molecule has 17 heavy (non-hydrogen) atoms. The molecule has 0 saturated carbocycles. The lowest BCUT2D eigenvalue weighted by Gasteiger charge is -2.01. The van der Waals surface area contributed by atoms with E-state index in [1.54, 1.807) is 4.68 Å². The Balaban J connectivity index is 2.15. The molecule has 0 amide bonds. The smallest absolute Gasteiger partial charge is 0.0937 e. The Morgan fingerprint density at radius 1 is 1.29 bits per heavy atom. The van der Waals surface area contributed by atoms with Crippen molar-refractivity contribution in [1.29, 1.82) is 5.26 Å². The Morgan fingerprint density at radius 3 is 2.65 bits per heavy atom. The molecule has 86 valence electrons. The fraction of sp³-hybridized carbons (Fsp3) is 0.250. The van der Waals surface area contributed by atoms with E-state index in [-0.39, 0.29) is 0 Å². The van der Waals surface area contributed by atoms with Gasteiger partial charge < -0.3 is 0 Å². The lowest BCUT2D eigenvalue weighted by atomic mass is 10.1. The average Bonchev–Trinajstić information content (AvgIpc) is 2.86. The number of hydrogen-bond donors (Lipinski definition) is 0. The molecule has 0 spiro atoms. The molecule has 0 fully saturated rings. The van der Waals surface area contributed by atoms with Gasteiger partial charge in [-0.3, -0.25) is 0 Å². The molecule has 1 aromatic carbocycles. The first-order valence-corrected chi connectivity index (χ1v) is 6.39. The first-order chi connectivity index (χ1) is 8.33. The van der Waals surface area contributed by atoms with Gasteiger partial charge in [0.2, 0.25) is 0 Å². The number of aromatic nitrogens is 3. The molecule has 0 N–H and O–H groups in total. The van der Waals surface area contributed by atoms with Crippen molar-refractivity contribution >= 4 is 15.9 Å². The zero-order valence-electron chi connectivity index (χ0n) is 9.17. The second kappa shape index (κ2) is 5.60. The zero-order chi connectivity index (χ0) is 12.1. The fourth-order valence-corrected chi connectivity index (χ4v) is 1.76. The van der Waals surface area contributed by atoms with E-state index in [2.05, 4.69) is 32.3 Å². The molecule has 0 radical (unpaired) electrons. The number of aryl methyl sites for hydroxylation is 1. The second-order valence-corrected chi connectivity index (χ2v) is 4.17. The molecule has 2 aromatic rings. The van der Waals surface area contributed by atoms with E-state index in [0.717, 1.165) is 23.4 Å². The Hall–Kier alpha value is -1.67. The normalized spacial score (nSPS) is 10.1. The summed E-state index contributed by atoms with van der Waals surface area (Å²) in [5.41, 5.74) is 3.04. The molecular weight excluding hydrogens is 280 g/mol. The maximum atomic E-state index is 8.51. The van der Waals surface area contributed by atoms with Crippen LogP contribution in [0.1, 0.15) is 17.7 Å². The Bertz CT molecular complexity index is 524. The van der Waals surface area contributed by atoms with Crippen molar-refractivity contribution in [3.05, 3.63) is 41.7 Å². The van der Waals surface area contributed by atoms with E-state index >= 15 is 0 Å². The van der Waals surface area contributed by atoms with Gasteiger partial charge in [-0.05, 0) is 24.1 Å². The Morgan fingerprint density at radius 2 is 2.06 bits per heavy atom. The summed E-state index contributed by atoms with van der Waals surface area (Å²) in [4.78, 5) is 0. The molecule has 0 unspecified atom stereocenters. The summed E-state index contributed by atoms with van der Waals surface area (Å²) in [5, 5.41) is 17.3. The third-order valence-electron chi connectivity index (χ3n) is 2.40. The maximum absolute atomic E-state index is 8.51. The van der Waals surface area contributed by atoms with Gasteiger partial charge >= 0.3 is 0 Å². The molecule has 0 atom stereocenters. The van der Waals surface area contributed by atoms with Crippen molar-refractivity contribution in [3.8, 4) is 11.8 Å². The minimum Gasteiger partial charge on any atom is -0.220 e. The Labute approximate surface area is 108 Å². The van der Waals surface area contributed by atoms with Crippen LogP contribution in [0.2, 0.25) is 0 Å². The molecule has 0 aliphatic rings. The molecule has 4 nitrogen and oxygen atoms in total. The molecule has 0 aliphatic heterocycles. The lowest BCUT2D eigenvalue weighted by molar-refractivity contribution is 0.799. The van der Waals surface area contributed by atoms with E-state index in [4.69, 9.17) is 5.26 Å². The summed E-state index contributed by atoms with van der Waals surface area (Å²) in [6.07, 6.45) is 3.23. The van der Waals surface area contributed by atoms with Crippen molar-refractivity contribution in [2.75, 3.05) is 0 Å². The number of hydrogen-bond acceptors (Lipinski definition) is 3. The SMILES string of the molecule is N#CCCc1ccc(-n2cc(CBr)nn2)cc1. The van der Waals surface area contributed by atoms with E-state index in [1.165, 1.54) is 0 Å². The molecule has 1 heterocycles. The van der Waals surface area contributed by atoms with Crippen LogP contribution in [-0.2, 0) is 11.8 Å². The summed E-state index contributed by atoms with van der Waals surface area (Å²) in [6, 6.07) is 10.1. The van der Waals surface area contributed by atoms with Crippen molar-refractivity contribution in [2.45, 2.75) is 18.2 Å². The molecule has 1 aromatic heterocycles. The topological polar surface area (TPSA) is 54.5 Å². The van der Waals surface area contributed by atoms with Crippen molar-refractivity contribution < 1.29 is 0 Å². The molecule has 0 bridgehead atoms. The van der Waals surface area contributed by atoms with Gasteiger partial charge in [-0.2, -0.15) is 5.26 Å². The van der Waals surface area contributed by atoms with Crippen LogP contribution < -0.4 is 0 Å². The molecule has 0 saturated heterocycles. The van der Waals surface area contributed by atoms with Crippen LogP contribution in [0.4, 0.5) is 0 Å². The van der Waals surface area contributed by atoms with E-state index < -0.39 is 0 Å². The number of rotatable bonds is 4. The van der Waals surface area contributed by atoms with Crippen LogP contribution in [0.3, 0.4) is 0 Å². The summed E-state index contributed by atoms with van der Waals surface area (Å²) in [6.45, 7) is 0. The van der Waals surface area contributed by atoms with Crippen LogP contribution in [0, 0.1) is 11.3 Å². The highest BCUT2D eigenvalue weighted by molar-refractivity contribution is 9.08. The largest absolute Gasteiger partial charge is 0.220 e. The minimum atomic E-state index is 0.552. The van der Waals surface area contributed by atoms with Gasteiger partial charge in [0, 0.05) is 11.8 Å². The number of nitriles is 1. The molecule has 0 aliphatic carbocycles. The lowest BCUT2D eigenvalue weighted by Crippen LogP contribution is -1.95. The molecule has 2 rings (SSSR count). The summed E-state index contributed by atoms with van der Waals surface area (Å²) in [7, 11) is 0. The third kappa shape index (κ3) is 2.92. The minimum absolute atomic E-state index is 0.552. The number of alkyl halides is 1. The van der Waals surface area contributed by atoms with E-state index in [1.807, 2.05) is 30.5 Å². The number of benzene rings is 1. The maximum Gasteiger partial charge on any atom is 0.0937 e. The van der Waals surface area contributed by atoms with Crippen LogP contribution in [0.5, 0.6) is 0 Å². The van der Waals surface area contributed by atoms with E-state index in [9.17, 15) is 0 Å². The van der Waals surface area contributed by atoms with Gasteiger partial charge in [0.05, 0.1) is 23.6 Å². The molecule has 5 heteroatoms. The summed E-state index contributed by atoms with van der Waals surface area (Å²) < 4.78 is 1.74. The number of nitrogens with zero attached hydrogens (tertiary/aromatic N) is 4. The van der Waals surface area contributed by atoms with Crippen molar-refractivity contribution in [1.82, 2.24) is 15.0 Å². The highest BCUT2D eigenvalue weighted by Gasteiger charge is 2.01. The number of halogens is 1. The fourth-order valence-electron chi connectivity index (χ4n) is 1.50. The standard InChI is InChI=1S/C12H11BrN4/c13-8-11-9-17(16-15-11)12-5-3-10(4-6-12)2-1-7-14/h3-6,9H,1-2,8H2. The van der Waals surface area contributed by atoms with Crippen LogP contribution in [-0.4, -0.2) is 15.0 Å². The quantitative estimate of drug-likeness (QED) is 0.814. The average molecular weight is 291 g/mol. The van der Waals surface area contributed by atoms with E-state index in [0.29, 0.717) is 11.8 Å². The van der Waals surface area contributed by atoms with Gasteiger partial charge in [0.15, 0.2) is 0 Å². The van der Waals surface area contributed by atoms with Crippen molar-refractivity contribution in [2.24, 2.45) is 0 Å². The predicted molar refractivity (Wildman–Crippen MR) is 67.9 cm³/mol. The monoisotopic (exact) mass is 290 g/mol. The first kappa shape index (κ1) is 11.8. The first-order valence-electron chi connectivity index (χ1n) is 5.27. The summed E-state index contributed by atoms with van der Waals surface area (Å²) >= 11 is 3.34. The van der Waals surface area contributed by atoms with Gasteiger partial charge in [0.1, 0.15) is 0 Å². The third-order valence-corrected chi connectivity index (χ3v) is 2.98. The van der Waals surface area contributed by atoms with Gasteiger partial charge in [0.25, 0.3) is 0 Å². The Kier molecular flexibility index (Phi) is 3.89. The van der Waals surface area contributed by atoms with Gasteiger partial charge in [-0.25, -0.2) is 4.68 Å². The zero-order valence-corrected chi connectivity index (χ0v) is 10.8. The molecular formula is C12H11BrN4. The van der Waals surface area contributed by atoms with Crippen LogP contribution >= 0.6 is 15.9 Å². The predicted octanol–water partition coefficient (Wildman–Crippen LogP) is 2.62. The summed E-state index contributed by atoms with van der Waals surface area (Å²) in [5.74, 6) is 0. The second-order valence-electron chi connectivity index (χ2n) is 3.61. The highest BCUT2D eigenvalue weighted by atomic mass is 79.9. The van der Waals surface area contributed by atoms with Crippen molar-refractivity contribution in [3.63, 3.8) is 0 Å². The van der Waals surface area contributed by atoms with Gasteiger partial charge in [-0.15, -0.1) is 5.10 Å². The highest BCUT2D eigenvalue weighted by Crippen LogP contribution is 2.11. The van der Waals surface area contributed by atoms with Gasteiger partial charge in [-0.1, -0.05) is 33.3 Å². The van der Waals surface area contributed by atoms with Crippen LogP contribution in [0.15, 0.2) is 30.5 Å². The van der Waals surface area contributed by atoms with Crippen LogP contribution in [0.25, 0.3) is 5.69 Å².